The van der Waals surface area contributed by atoms with E-state index < -0.39 is 12.0 Å². The van der Waals surface area contributed by atoms with E-state index in [1.165, 1.54) is 13.3 Å². The van der Waals surface area contributed by atoms with E-state index in [0.29, 0.717) is 5.56 Å². The van der Waals surface area contributed by atoms with Gasteiger partial charge in [-0.25, -0.2) is 15.0 Å². The number of urea groups is 1. The van der Waals surface area contributed by atoms with Gasteiger partial charge in [-0.2, -0.15) is 5.10 Å². The molecule has 0 aliphatic carbocycles. The van der Waals surface area contributed by atoms with Crippen LogP contribution in [0, 0.1) is 13.8 Å². The zero-order chi connectivity index (χ0) is 17.0. The number of ether oxygens (including phenoxy) is 1. The monoisotopic (exact) mass is 314 g/mol. The maximum atomic E-state index is 12.0. The lowest BCUT2D eigenvalue weighted by Gasteiger charge is -2.13. The van der Waals surface area contributed by atoms with Crippen molar-refractivity contribution in [1.29, 1.82) is 0 Å². The summed E-state index contributed by atoms with van der Waals surface area (Å²) >= 11 is 0. The van der Waals surface area contributed by atoms with E-state index in [9.17, 15) is 9.59 Å². The molecule has 23 heavy (non-hydrogen) atoms. The molecular formula is C16H18N4O3. The molecule has 0 spiro atoms. The lowest BCUT2D eigenvalue weighted by atomic mass is 10.1. The largest absolute Gasteiger partial charge is 0.465 e. The first-order valence-corrected chi connectivity index (χ1v) is 6.91. The third-order valence-electron chi connectivity index (χ3n) is 3.40. The fraction of sp³-hybridized carbons (Fsp3) is 0.188. The van der Waals surface area contributed by atoms with Crippen LogP contribution in [0.1, 0.15) is 27.3 Å². The standard InChI is InChI=1S/C16H18N4O3/c1-10-8-12(9-18-19-16(17)22)11(2)20(10)14-7-5-4-6-13(14)15(21)23-3/h4-9H,1-3H3,(H3,17,19,22)/b18-9-. The highest BCUT2D eigenvalue weighted by atomic mass is 16.5. The van der Waals surface area contributed by atoms with Crippen molar-refractivity contribution in [3.63, 3.8) is 0 Å². The average molecular weight is 314 g/mol. The maximum Gasteiger partial charge on any atom is 0.339 e. The van der Waals surface area contributed by atoms with Crippen LogP contribution >= 0.6 is 0 Å². The molecule has 0 unspecified atom stereocenters. The van der Waals surface area contributed by atoms with E-state index in [1.54, 1.807) is 12.1 Å². The first-order chi connectivity index (χ1) is 11.0. The lowest BCUT2D eigenvalue weighted by Crippen LogP contribution is -2.24. The number of methoxy groups -OCH3 is 1. The number of carbonyl (C=O) groups is 2. The third kappa shape index (κ3) is 3.39. The summed E-state index contributed by atoms with van der Waals surface area (Å²) in [5, 5.41) is 3.77. The number of hydrogen-bond acceptors (Lipinski definition) is 4. The summed E-state index contributed by atoms with van der Waals surface area (Å²) in [7, 11) is 1.35. The van der Waals surface area contributed by atoms with Crippen LogP contribution in [0.3, 0.4) is 0 Å². The molecule has 0 aliphatic heterocycles. The summed E-state index contributed by atoms with van der Waals surface area (Å²) in [6, 6.07) is 8.35. The number of esters is 1. The van der Waals surface area contributed by atoms with Crippen LogP contribution in [0.2, 0.25) is 0 Å². The summed E-state index contributed by atoms with van der Waals surface area (Å²) < 4.78 is 6.76. The molecule has 0 bridgehead atoms. The molecule has 1 heterocycles. The minimum absolute atomic E-state index is 0.404. The molecule has 120 valence electrons. The van der Waals surface area contributed by atoms with Gasteiger partial charge in [0.25, 0.3) is 0 Å². The van der Waals surface area contributed by atoms with Crippen molar-refractivity contribution < 1.29 is 14.3 Å². The molecule has 1 aromatic heterocycles. The van der Waals surface area contributed by atoms with Crippen molar-refractivity contribution in [2.75, 3.05) is 7.11 Å². The summed E-state index contributed by atoms with van der Waals surface area (Å²) in [4.78, 5) is 22.6. The van der Waals surface area contributed by atoms with Gasteiger partial charge in [0.15, 0.2) is 0 Å². The zero-order valence-electron chi connectivity index (χ0n) is 13.2. The van der Waals surface area contributed by atoms with Crippen LogP contribution in [0.25, 0.3) is 5.69 Å². The molecule has 2 rings (SSSR count). The van der Waals surface area contributed by atoms with Crippen molar-refractivity contribution in [3.8, 4) is 5.69 Å². The second-order valence-corrected chi connectivity index (χ2v) is 4.90. The molecule has 7 heteroatoms. The number of hydrogen-bond donors (Lipinski definition) is 2. The second kappa shape index (κ2) is 6.78. The van der Waals surface area contributed by atoms with E-state index in [0.717, 1.165) is 22.6 Å². The van der Waals surface area contributed by atoms with E-state index in [2.05, 4.69) is 10.5 Å². The number of nitrogens with one attached hydrogen (secondary N) is 1. The number of rotatable bonds is 4. The van der Waals surface area contributed by atoms with E-state index in [1.807, 2.05) is 36.6 Å². The van der Waals surface area contributed by atoms with Gasteiger partial charge in [-0.05, 0) is 32.0 Å². The van der Waals surface area contributed by atoms with Crippen molar-refractivity contribution >= 4 is 18.2 Å². The van der Waals surface area contributed by atoms with E-state index >= 15 is 0 Å². The van der Waals surface area contributed by atoms with Gasteiger partial charge in [0.2, 0.25) is 0 Å². The van der Waals surface area contributed by atoms with Gasteiger partial charge >= 0.3 is 12.0 Å². The number of amides is 2. The zero-order valence-corrected chi connectivity index (χ0v) is 13.2. The third-order valence-corrected chi connectivity index (χ3v) is 3.40. The number of aryl methyl sites for hydroxylation is 1. The maximum absolute atomic E-state index is 12.0. The van der Waals surface area contributed by atoms with Gasteiger partial charge in [0.1, 0.15) is 0 Å². The molecule has 0 atom stereocenters. The molecule has 0 saturated carbocycles. The first-order valence-electron chi connectivity index (χ1n) is 6.91. The normalized spacial score (nSPS) is 10.7. The van der Waals surface area contributed by atoms with Gasteiger partial charge in [0.05, 0.1) is 24.6 Å². The molecular weight excluding hydrogens is 296 g/mol. The fourth-order valence-electron chi connectivity index (χ4n) is 2.41. The molecule has 3 N–H and O–H groups in total. The van der Waals surface area contributed by atoms with Gasteiger partial charge < -0.3 is 15.0 Å². The molecule has 0 aliphatic rings. The van der Waals surface area contributed by atoms with Crippen LogP contribution < -0.4 is 11.2 Å². The topological polar surface area (TPSA) is 98.7 Å². The van der Waals surface area contributed by atoms with Crippen LogP contribution in [-0.4, -0.2) is 29.9 Å². The van der Waals surface area contributed by atoms with Gasteiger partial charge in [-0.3, -0.25) is 0 Å². The van der Waals surface area contributed by atoms with Crippen LogP contribution in [0.15, 0.2) is 35.4 Å². The number of para-hydroxylation sites is 1. The number of primary amides is 1. The van der Waals surface area contributed by atoms with Crippen molar-refractivity contribution in [2.24, 2.45) is 10.8 Å². The minimum Gasteiger partial charge on any atom is -0.465 e. The highest BCUT2D eigenvalue weighted by Gasteiger charge is 2.16. The lowest BCUT2D eigenvalue weighted by molar-refractivity contribution is 0.0600. The van der Waals surface area contributed by atoms with Crippen molar-refractivity contribution in [3.05, 3.63) is 52.8 Å². The van der Waals surface area contributed by atoms with E-state index in [4.69, 9.17) is 10.5 Å². The van der Waals surface area contributed by atoms with Crippen LogP contribution in [-0.2, 0) is 4.74 Å². The predicted molar refractivity (Wildman–Crippen MR) is 86.9 cm³/mol. The Morgan fingerprint density at radius 3 is 2.65 bits per heavy atom. The Hall–Kier alpha value is -3.09. The smallest absolute Gasteiger partial charge is 0.339 e. The molecule has 2 aromatic rings. The van der Waals surface area contributed by atoms with Crippen molar-refractivity contribution in [1.82, 2.24) is 9.99 Å². The molecule has 0 radical (unpaired) electrons. The number of aromatic nitrogens is 1. The Balaban J connectivity index is 2.50. The molecule has 7 nitrogen and oxygen atoms in total. The summed E-state index contributed by atoms with van der Waals surface area (Å²) in [5.41, 5.74) is 10.9. The number of carbonyl (C=O) groups excluding carboxylic acids is 2. The summed E-state index contributed by atoms with van der Waals surface area (Å²) in [5.74, 6) is -0.404. The highest BCUT2D eigenvalue weighted by Crippen LogP contribution is 2.23. The Kier molecular flexibility index (Phi) is 4.80. The van der Waals surface area contributed by atoms with Gasteiger partial charge in [0, 0.05) is 17.0 Å². The summed E-state index contributed by atoms with van der Waals surface area (Å²) in [6.45, 7) is 3.81. The molecule has 0 saturated heterocycles. The predicted octanol–water partition coefficient (Wildman–Crippen LogP) is 1.88. The van der Waals surface area contributed by atoms with Crippen molar-refractivity contribution in [2.45, 2.75) is 13.8 Å². The first kappa shape index (κ1) is 16.3. The molecule has 1 aromatic carbocycles. The number of nitrogens with zero attached hydrogens (tertiary/aromatic N) is 2. The second-order valence-electron chi connectivity index (χ2n) is 4.90. The Morgan fingerprint density at radius 1 is 1.30 bits per heavy atom. The average Bonchev–Trinajstić information content (AvgIpc) is 2.80. The minimum atomic E-state index is -0.730. The number of nitrogens with two attached hydrogens (primary N) is 1. The Morgan fingerprint density at radius 2 is 2.00 bits per heavy atom. The molecule has 2 amide bonds. The Labute approximate surface area is 133 Å². The quantitative estimate of drug-likeness (QED) is 0.512. The van der Waals surface area contributed by atoms with Gasteiger partial charge in [-0.15, -0.1) is 0 Å². The van der Waals surface area contributed by atoms with Gasteiger partial charge in [-0.1, -0.05) is 12.1 Å². The Bertz CT molecular complexity index is 778. The van der Waals surface area contributed by atoms with Crippen LogP contribution in [0.5, 0.6) is 0 Å². The van der Waals surface area contributed by atoms with Crippen LogP contribution in [0.4, 0.5) is 4.79 Å². The number of hydrazone groups is 1. The van der Waals surface area contributed by atoms with E-state index in [-0.39, 0.29) is 0 Å². The molecule has 0 fully saturated rings. The highest BCUT2D eigenvalue weighted by molar-refractivity contribution is 5.94. The number of benzene rings is 1. The summed E-state index contributed by atoms with van der Waals surface area (Å²) in [6.07, 6.45) is 1.50. The fourth-order valence-corrected chi connectivity index (χ4v) is 2.41. The SMILES string of the molecule is COC(=O)c1ccccc1-n1c(C)cc(/C=N\NC(N)=O)c1C.